The van der Waals surface area contributed by atoms with Crippen LogP contribution in [0.4, 0.5) is 11.5 Å². The number of hydrogen-bond acceptors (Lipinski definition) is 4. The summed E-state index contributed by atoms with van der Waals surface area (Å²) < 4.78 is 0. The summed E-state index contributed by atoms with van der Waals surface area (Å²) in [5, 5.41) is 17.1. The Morgan fingerprint density at radius 3 is 2.69 bits per heavy atom. The van der Waals surface area contributed by atoms with E-state index in [1.54, 1.807) is 12.1 Å². The highest BCUT2D eigenvalue weighted by atomic mass is 35.5. The Bertz CT molecular complexity index is 552. The van der Waals surface area contributed by atoms with Gasteiger partial charge in [-0.1, -0.05) is 11.6 Å². The number of nitrogens with two attached hydrogens (primary N) is 1. The predicted molar refractivity (Wildman–Crippen MR) is 60.1 cm³/mol. The molecule has 0 fully saturated rings. The molecule has 16 heavy (non-hydrogen) atoms. The van der Waals surface area contributed by atoms with Crippen LogP contribution in [-0.2, 0) is 0 Å². The minimum atomic E-state index is -0.534. The second-order valence-corrected chi connectivity index (χ2v) is 3.54. The van der Waals surface area contributed by atoms with Crippen LogP contribution in [0, 0.1) is 10.1 Å². The third kappa shape index (κ3) is 1.82. The van der Waals surface area contributed by atoms with E-state index in [1.165, 1.54) is 12.1 Å². The van der Waals surface area contributed by atoms with E-state index in [4.69, 9.17) is 17.3 Å². The van der Waals surface area contributed by atoms with Gasteiger partial charge in [0.15, 0.2) is 0 Å². The van der Waals surface area contributed by atoms with E-state index in [1.807, 2.05) is 0 Å². The molecule has 0 saturated heterocycles. The molecule has 1 aromatic carbocycles. The van der Waals surface area contributed by atoms with Gasteiger partial charge in [-0.15, -0.1) is 0 Å². The Kier molecular flexibility index (Phi) is 2.49. The third-order valence-corrected chi connectivity index (χ3v) is 2.36. The molecule has 3 N–H and O–H groups in total. The van der Waals surface area contributed by atoms with Crippen molar-refractivity contribution in [2.75, 3.05) is 5.73 Å². The second-order valence-electron chi connectivity index (χ2n) is 3.13. The number of anilines is 1. The van der Waals surface area contributed by atoms with E-state index in [9.17, 15) is 10.1 Å². The third-order valence-electron chi connectivity index (χ3n) is 2.05. The molecule has 0 radical (unpaired) electrons. The average molecular weight is 239 g/mol. The van der Waals surface area contributed by atoms with E-state index in [0.717, 1.165) is 0 Å². The summed E-state index contributed by atoms with van der Waals surface area (Å²) in [5.41, 5.74) is 6.68. The number of nitrogens with one attached hydrogen (secondary N) is 1. The number of nitrogen functional groups attached to an aromatic ring is 1. The number of halogens is 1. The Hall–Kier alpha value is -2.08. The molecule has 0 saturated carbocycles. The van der Waals surface area contributed by atoms with Crippen LogP contribution < -0.4 is 5.73 Å². The SMILES string of the molecule is Nc1cc(-c2ccc([N+](=O)[O-])c(Cl)c2)[nH]n1. The second kappa shape index (κ2) is 3.82. The smallest absolute Gasteiger partial charge is 0.287 e. The van der Waals surface area contributed by atoms with E-state index in [-0.39, 0.29) is 10.7 Å². The lowest BCUT2D eigenvalue weighted by Gasteiger charge is -1.99. The molecular weight excluding hydrogens is 232 g/mol. The largest absolute Gasteiger partial charge is 0.382 e. The number of nitrogens with zero attached hydrogens (tertiary/aromatic N) is 2. The summed E-state index contributed by atoms with van der Waals surface area (Å²) in [4.78, 5) is 10.0. The van der Waals surface area contributed by atoms with Crippen LogP contribution in [0.25, 0.3) is 11.3 Å². The molecule has 82 valence electrons. The number of nitro benzene ring substituents is 1. The van der Waals surface area contributed by atoms with Crippen LogP contribution in [0.3, 0.4) is 0 Å². The fraction of sp³-hybridized carbons (Fsp3) is 0. The number of aromatic amines is 1. The molecule has 2 rings (SSSR count). The van der Waals surface area contributed by atoms with Crippen LogP contribution >= 0.6 is 11.6 Å². The van der Waals surface area contributed by atoms with E-state index in [2.05, 4.69) is 10.2 Å². The summed E-state index contributed by atoms with van der Waals surface area (Å²) >= 11 is 5.77. The molecule has 0 aliphatic rings. The van der Waals surface area contributed by atoms with Crippen molar-refractivity contribution in [3.05, 3.63) is 39.4 Å². The number of aromatic nitrogens is 2. The Labute approximate surface area is 95.2 Å². The molecule has 6 nitrogen and oxygen atoms in total. The maximum absolute atomic E-state index is 10.6. The first-order valence-electron chi connectivity index (χ1n) is 4.33. The van der Waals surface area contributed by atoms with Crippen LogP contribution in [0.15, 0.2) is 24.3 Å². The van der Waals surface area contributed by atoms with Crippen molar-refractivity contribution in [2.24, 2.45) is 0 Å². The van der Waals surface area contributed by atoms with Crippen molar-refractivity contribution in [2.45, 2.75) is 0 Å². The summed E-state index contributed by atoms with van der Waals surface area (Å²) in [5.74, 6) is 0.351. The molecule has 1 heterocycles. The molecule has 0 unspecified atom stereocenters. The van der Waals surface area contributed by atoms with Gasteiger partial charge in [-0.25, -0.2) is 0 Å². The first kappa shape index (κ1) is 10.4. The zero-order valence-corrected chi connectivity index (χ0v) is 8.73. The van der Waals surface area contributed by atoms with Gasteiger partial charge in [-0.05, 0) is 12.1 Å². The van der Waals surface area contributed by atoms with Gasteiger partial charge in [0, 0.05) is 17.7 Å². The van der Waals surface area contributed by atoms with E-state index in [0.29, 0.717) is 17.1 Å². The van der Waals surface area contributed by atoms with Crippen molar-refractivity contribution >= 4 is 23.1 Å². The molecule has 0 bridgehead atoms. The van der Waals surface area contributed by atoms with Crippen molar-refractivity contribution in [1.82, 2.24) is 10.2 Å². The molecular formula is C9H7ClN4O2. The molecule has 7 heteroatoms. The number of H-pyrrole nitrogens is 1. The molecule has 0 amide bonds. The molecule has 0 spiro atoms. The normalized spacial score (nSPS) is 10.3. The van der Waals surface area contributed by atoms with Gasteiger partial charge in [0.25, 0.3) is 5.69 Å². The lowest BCUT2D eigenvalue weighted by molar-refractivity contribution is -0.384. The summed E-state index contributed by atoms with van der Waals surface area (Å²) in [6.45, 7) is 0. The van der Waals surface area contributed by atoms with Gasteiger partial charge in [-0.3, -0.25) is 15.2 Å². The van der Waals surface area contributed by atoms with Gasteiger partial charge >= 0.3 is 0 Å². The summed E-state index contributed by atoms with van der Waals surface area (Å²) in [7, 11) is 0. The zero-order valence-electron chi connectivity index (χ0n) is 7.98. The van der Waals surface area contributed by atoms with Crippen LogP contribution in [-0.4, -0.2) is 15.1 Å². The van der Waals surface area contributed by atoms with Crippen LogP contribution in [0.2, 0.25) is 5.02 Å². The number of hydrogen-bond donors (Lipinski definition) is 2. The van der Waals surface area contributed by atoms with Crippen LogP contribution in [0.1, 0.15) is 0 Å². The Morgan fingerprint density at radius 1 is 1.44 bits per heavy atom. The molecule has 0 aliphatic heterocycles. The molecule has 0 atom stereocenters. The first-order valence-corrected chi connectivity index (χ1v) is 4.71. The fourth-order valence-electron chi connectivity index (χ4n) is 1.31. The number of rotatable bonds is 2. The number of nitro groups is 1. The van der Waals surface area contributed by atoms with Crippen molar-refractivity contribution in [1.29, 1.82) is 0 Å². The van der Waals surface area contributed by atoms with Gasteiger partial charge in [0.05, 0.1) is 10.6 Å². The molecule has 2 aromatic rings. The highest BCUT2D eigenvalue weighted by Gasteiger charge is 2.13. The minimum absolute atomic E-state index is 0.0793. The van der Waals surface area contributed by atoms with Gasteiger partial charge in [-0.2, -0.15) is 5.10 Å². The maximum Gasteiger partial charge on any atom is 0.287 e. The quantitative estimate of drug-likeness (QED) is 0.619. The maximum atomic E-state index is 10.6. The summed E-state index contributed by atoms with van der Waals surface area (Å²) in [6.07, 6.45) is 0. The van der Waals surface area contributed by atoms with Gasteiger partial charge in [0.2, 0.25) is 0 Å². The highest BCUT2D eigenvalue weighted by Crippen LogP contribution is 2.29. The lowest BCUT2D eigenvalue weighted by atomic mass is 10.1. The Morgan fingerprint density at radius 2 is 2.19 bits per heavy atom. The van der Waals surface area contributed by atoms with E-state index >= 15 is 0 Å². The van der Waals surface area contributed by atoms with Crippen molar-refractivity contribution in [3.63, 3.8) is 0 Å². The first-order chi connectivity index (χ1) is 7.58. The van der Waals surface area contributed by atoms with Gasteiger partial charge < -0.3 is 5.73 Å². The topological polar surface area (TPSA) is 97.8 Å². The summed E-state index contributed by atoms with van der Waals surface area (Å²) in [6, 6.07) is 6.04. The zero-order chi connectivity index (χ0) is 11.7. The van der Waals surface area contributed by atoms with Crippen LogP contribution in [0.5, 0.6) is 0 Å². The van der Waals surface area contributed by atoms with Crippen molar-refractivity contribution < 1.29 is 4.92 Å². The lowest BCUT2D eigenvalue weighted by Crippen LogP contribution is -1.89. The number of benzene rings is 1. The van der Waals surface area contributed by atoms with E-state index < -0.39 is 4.92 Å². The molecule has 0 aliphatic carbocycles. The van der Waals surface area contributed by atoms with Gasteiger partial charge in [0.1, 0.15) is 10.8 Å². The minimum Gasteiger partial charge on any atom is -0.382 e. The Balaban J connectivity index is 2.45. The standard InChI is InChI=1S/C9H7ClN4O2/c10-6-3-5(1-2-8(6)14(15)16)7-4-9(11)13-12-7/h1-4H,(H3,11,12,13). The predicted octanol–water partition coefficient (Wildman–Crippen LogP) is 2.22. The highest BCUT2D eigenvalue weighted by molar-refractivity contribution is 6.32. The monoisotopic (exact) mass is 238 g/mol. The average Bonchev–Trinajstić information content (AvgIpc) is 2.64. The van der Waals surface area contributed by atoms with Crippen molar-refractivity contribution in [3.8, 4) is 11.3 Å². The fourth-order valence-corrected chi connectivity index (χ4v) is 1.56. The molecule has 1 aromatic heterocycles.